The van der Waals surface area contributed by atoms with Gasteiger partial charge in [0.25, 0.3) is 5.91 Å². The Hall–Kier alpha value is -1.86. The van der Waals surface area contributed by atoms with Crippen LogP contribution in [0.4, 0.5) is 0 Å². The number of aryl methyl sites for hydroxylation is 1. The quantitative estimate of drug-likeness (QED) is 0.853. The van der Waals surface area contributed by atoms with Gasteiger partial charge in [0.1, 0.15) is 5.76 Å². The lowest BCUT2D eigenvalue weighted by Crippen LogP contribution is -2.38. The highest BCUT2D eigenvalue weighted by Gasteiger charge is 2.37. The largest absolute Gasteiger partial charge is 0.456 e. The van der Waals surface area contributed by atoms with Crippen LogP contribution in [0.2, 0.25) is 0 Å². The van der Waals surface area contributed by atoms with Gasteiger partial charge in [0.15, 0.2) is 11.6 Å². The van der Waals surface area contributed by atoms with E-state index in [1.54, 1.807) is 6.07 Å². The number of likely N-dealkylation sites (tertiary alicyclic amines) is 1. The first-order chi connectivity index (χ1) is 12.6. The zero-order chi connectivity index (χ0) is 18.1. The average molecular weight is 395 g/mol. The van der Waals surface area contributed by atoms with E-state index in [0.29, 0.717) is 30.6 Å². The van der Waals surface area contributed by atoms with Crippen LogP contribution in [0.1, 0.15) is 79.4 Å². The van der Waals surface area contributed by atoms with E-state index < -0.39 is 5.54 Å². The summed E-state index contributed by atoms with van der Waals surface area (Å²) in [5.74, 6) is 2.71. The van der Waals surface area contributed by atoms with Crippen molar-refractivity contribution in [3.05, 3.63) is 35.4 Å². The molecule has 1 amide bonds. The summed E-state index contributed by atoms with van der Waals surface area (Å²) in [6, 6.07) is 3.63. The SMILES string of the molecule is CCc1ccc(C(=O)N2CCC(c3nc(C4(N)CCCC4)no3)CC2)o1.Cl. The van der Waals surface area contributed by atoms with Gasteiger partial charge in [0, 0.05) is 25.4 Å². The molecule has 27 heavy (non-hydrogen) atoms. The first-order valence-corrected chi connectivity index (χ1v) is 9.60. The van der Waals surface area contributed by atoms with Crippen LogP contribution in [0.5, 0.6) is 0 Å². The lowest BCUT2D eigenvalue weighted by molar-refractivity contribution is 0.0670. The zero-order valence-electron chi connectivity index (χ0n) is 15.6. The van der Waals surface area contributed by atoms with E-state index in [2.05, 4.69) is 10.1 Å². The Labute approximate surface area is 165 Å². The highest BCUT2D eigenvalue weighted by atomic mass is 35.5. The van der Waals surface area contributed by atoms with Crippen LogP contribution in [0.3, 0.4) is 0 Å². The molecule has 2 aromatic rings. The number of furan rings is 1. The fourth-order valence-electron chi connectivity index (χ4n) is 4.00. The Morgan fingerprint density at radius 3 is 2.63 bits per heavy atom. The molecule has 0 bridgehead atoms. The summed E-state index contributed by atoms with van der Waals surface area (Å²) in [5, 5.41) is 4.15. The molecule has 3 heterocycles. The molecule has 2 fully saturated rings. The first kappa shape index (κ1) is 19.9. The van der Waals surface area contributed by atoms with E-state index in [1.807, 2.05) is 17.9 Å². The number of carbonyl (C=O) groups excluding carboxylic acids is 1. The second-order valence-electron chi connectivity index (χ2n) is 7.51. The van der Waals surface area contributed by atoms with E-state index in [4.69, 9.17) is 14.7 Å². The van der Waals surface area contributed by atoms with Gasteiger partial charge in [-0.05, 0) is 37.8 Å². The summed E-state index contributed by atoms with van der Waals surface area (Å²) < 4.78 is 11.1. The second-order valence-corrected chi connectivity index (χ2v) is 7.51. The second kappa shape index (κ2) is 8.02. The Morgan fingerprint density at radius 2 is 2.00 bits per heavy atom. The minimum absolute atomic E-state index is 0. The van der Waals surface area contributed by atoms with Gasteiger partial charge in [-0.3, -0.25) is 4.79 Å². The minimum Gasteiger partial charge on any atom is -0.456 e. The van der Waals surface area contributed by atoms with Crippen molar-refractivity contribution in [3.63, 3.8) is 0 Å². The number of amides is 1. The summed E-state index contributed by atoms with van der Waals surface area (Å²) in [5.41, 5.74) is 5.99. The number of halogens is 1. The molecular formula is C19H27ClN4O3. The lowest BCUT2D eigenvalue weighted by Gasteiger charge is -2.29. The zero-order valence-corrected chi connectivity index (χ0v) is 16.5. The highest BCUT2D eigenvalue weighted by Crippen LogP contribution is 2.36. The maximum atomic E-state index is 12.6. The van der Waals surface area contributed by atoms with Crippen LogP contribution < -0.4 is 5.73 Å². The first-order valence-electron chi connectivity index (χ1n) is 9.60. The summed E-state index contributed by atoms with van der Waals surface area (Å²) in [4.78, 5) is 19.0. The molecule has 8 heteroatoms. The Balaban J connectivity index is 0.00000210. The Kier molecular flexibility index (Phi) is 5.91. The van der Waals surface area contributed by atoms with Crippen molar-refractivity contribution in [2.75, 3.05) is 13.1 Å². The summed E-state index contributed by atoms with van der Waals surface area (Å²) >= 11 is 0. The highest BCUT2D eigenvalue weighted by molar-refractivity contribution is 5.91. The topological polar surface area (TPSA) is 98.4 Å². The fourth-order valence-corrected chi connectivity index (χ4v) is 4.00. The van der Waals surface area contributed by atoms with Crippen LogP contribution in [-0.4, -0.2) is 34.0 Å². The predicted octanol–water partition coefficient (Wildman–Crippen LogP) is 3.39. The van der Waals surface area contributed by atoms with E-state index in [-0.39, 0.29) is 24.2 Å². The number of hydrogen-bond acceptors (Lipinski definition) is 6. The third-order valence-corrected chi connectivity index (χ3v) is 5.74. The van der Waals surface area contributed by atoms with Gasteiger partial charge in [-0.25, -0.2) is 0 Å². The molecule has 0 spiro atoms. The van der Waals surface area contributed by atoms with Crippen molar-refractivity contribution in [3.8, 4) is 0 Å². The molecule has 148 valence electrons. The third kappa shape index (κ3) is 3.89. The maximum Gasteiger partial charge on any atom is 0.289 e. The molecule has 0 atom stereocenters. The third-order valence-electron chi connectivity index (χ3n) is 5.74. The van der Waals surface area contributed by atoms with Gasteiger partial charge in [0.05, 0.1) is 5.54 Å². The Morgan fingerprint density at radius 1 is 1.30 bits per heavy atom. The predicted molar refractivity (Wildman–Crippen MR) is 102 cm³/mol. The molecule has 2 aliphatic rings. The fraction of sp³-hybridized carbons (Fsp3) is 0.632. The molecule has 0 radical (unpaired) electrons. The molecule has 1 aliphatic carbocycles. The van der Waals surface area contributed by atoms with Crippen molar-refractivity contribution >= 4 is 18.3 Å². The van der Waals surface area contributed by atoms with Crippen LogP contribution in [0, 0.1) is 0 Å². The molecule has 2 N–H and O–H groups in total. The van der Waals surface area contributed by atoms with Crippen LogP contribution >= 0.6 is 12.4 Å². The van der Waals surface area contributed by atoms with E-state index >= 15 is 0 Å². The molecule has 1 saturated heterocycles. The van der Waals surface area contributed by atoms with Crippen molar-refractivity contribution in [2.45, 2.75) is 63.3 Å². The molecular weight excluding hydrogens is 368 g/mol. The van der Waals surface area contributed by atoms with Crippen LogP contribution in [-0.2, 0) is 12.0 Å². The van der Waals surface area contributed by atoms with Crippen molar-refractivity contribution in [2.24, 2.45) is 5.73 Å². The number of nitrogens with zero attached hydrogens (tertiary/aromatic N) is 3. The van der Waals surface area contributed by atoms with Crippen LogP contribution in [0.25, 0.3) is 0 Å². The number of piperidine rings is 1. The van der Waals surface area contributed by atoms with Gasteiger partial charge in [0.2, 0.25) is 5.89 Å². The van der Waals surface area contributed by atoms with Crippen LogP contribution in [0.15, 0.2) is 21.1 Å². The van der Waals surface area contributed by atoms with Crippen molar-refractivity contribution in [1.82, 2.24) is 15.0 Å². The average Bonchev–Trinajstić information content (AvgIpc) is 3.41. The van der Waals surface area contributed by atoms with Gasteiger partial charge in [-0.15, -0.1) is 12.4 Å². The molecule has 4 rings (SSSR count). The van der Waals surface area contributed by atoms with Gasteiger partial charge >= 0.3 is 0 Å². The number of carbonyl (C=O) groups is 1. The molecule has 7 nitrogen and oxygen atoms in total. The standard InChI is InChI=1S/C19H26N4O3.ClH/c1-2-14-5-6-15(25-14)17(24)23-11-7-13(8-12-23)16-21-18(22-26-16)19(20)9-3-4-10-19;/h5-6,13H,2-4,7-12,20H2,1H3;1H. The van der Waals surface area contributed by atoms with Gasteiger partial charge < -0.3 is 19.6 Å². The number of nitrogens with two attached hydrogens (primary N) is 1. The van der Waals surface area contributed by atoms with E-state index in [9.17, 15) is 4.79 Å². The lowest BCUT2D eigenvalue weighted by atomic mass is 9.95. The molecule has 0 aromatic carbocycles. The van der Waals surface area contributed by atoms with Gasteiger partial charge in [-0.1, -0.05) is 24.9 Å². The summed E-state index contributed by atoms with van der Waals surface area (Å²) in [6.45, 7) is 3.34. The monoisotopic (exact) mass is 394 g/mol. The summed E-state index contributed by atoms with van der Waals surface area (Å²) in [7, 11) is 0. The maximum absolute atomic E-state index is 12.6. The molecule has 1 aliphatic heterocycles. The number of aromatic nitrogens is 2. The molecule has 0 unspecified atom stereocenters. The van der Waals surface area contributed by atoms with Gasteiger partial charge in [-0.2, -0.15) is 4.98 Å². The Bertz CT molecular complexity index is 774. The number of hydrogen-bond donors (Lipinski definition) is 1. The summed E-state index contributed by atoms with van der Waals surface area (Å²) in [6.07, 6.45) is 6.49. The smallest absolute Gasteiger partial charge is 0.289 e. The van der Waals surface area contributed by atoms with Crippen molar-refractivity contribution in [1.29, 1.82) is 0 Å². The number of rotatable bonds is 4. The molecule has 2 aromatic heterocycles. The van der Waals surface area contributed by atoms with Crippen molar-refractivity contribution < 1.29 is 13.7 Å². The molecule has 1 saturated carbocycles. The van der Waals surface area contributed by atoms with E-state index in [0.717, 1.165) is 50.7 Å². The normalized spacial score (nSPS) is 19.9. The minimum atomic E-state index is -0.422. The van der Waals surface area contributed by atoms with E-state index in [1.165, 1.54) is 0 Å².